The SMILES string of the molecule is CNc1ncnc2c1cnn2-c1ccccc1OC. The number of hydrogen-bond donors (Lipinski definition) is 1. The molecule has 0 atom stereocenters. The van der Waals surface area contributed by atoms with Gasteiger partial charge < -0.3 is 10.1 Å². The van der Waals surface area contributed by atoms with Crippen molar-refractivity contribution in [3.8, 4) is 11.4 Å². The summed E-state index contributed by atoms with van der Waals surface area (Å²) < 4.78 is 7.10. The average molecular weight is 255 g/mol. The van der Waals surface area contributed by atoms with Crippen LogP contribution in [0.5, 0.6) is 5.75 Å². The van der Waals surface area contributed by atoms with Gasteiger partial charge in [-0.3, -0.25) is 0 Å². The third kappa shape index (κ3) is 1.77. The predicted molar refractivity (Wildman–Crippen MR) is 72.8 cm³/mol. The van der Waals surface area contributed by atoms with Gasteiger partial charge in [0.25, 0.3) is 0 Å². The van der Waals surface area contributed by atoms with Crippen molar-refractivity contribution >= 4 is 16.9 Å². The van der Waals surface area contributed by atoms with Crippen LogP contribution in [0.3, 0.4) is 0 Å². The molecule has 0 radical (unpaired) electrons. The number of fused-ring (bicyclic) bond motifs is 1. The summed E-state index contributed by atoms with van der Waals surface area (Å²) in [5.74, 6) is 1.50. The van der Waals surface area contributed by atoms with Crippen LogP contribution in [0, 0.1) is 0 Å². The molecule has 6 nitrogen and oxygen atoms in total. The topological polar surface area (TPSA) is 64.9 Å². The van der Waals surface area contributed by atoms with Crippen molar-refractivity contribution in [2.45, 2.75) is 0 Å². The molecule has 2 aromatic heterocycles. The molecule has 0 saturated heterocycles. The molecule has 0 unspecified atom stereocenters. The van der Waals surface area contributed by atoms with Gasteiger partial charge in [-0.1, -0.05) is 12.1 Å². The van der Waals surface area contributed by atoms with Crippen molar-refractivity contribution in [2.24, 2.45) is 0 Å². The van der Waals surface area contributed by atoms with Crippen molar-refractivity contribution in [1.82, 2.24) is 19.7 Å². The van der Waals surface area contributed by atoms with Gasteiger partial charge in [-0.05, 0) is 12.1 Å². The maximum Gasteiger partial charge on any atom is 0.168 e. The fourth-order valence-corrected chi connectivity index (χ4v) is 2.02. The Morgan fingerprint density at radius 2 is 2.05 bits per heavy atom. The summed E-state index contributed by atoms with van der Waals surface area (Å²) in [5, 5.41) is 8.28. The summed E-state index contributed by atoms with van der Waals surface area (Å²) in [5.41, 5.74) is 1.59. The van der Waals surface area contributed by atoms with Crippen molar-refractivity contribution in [3.63, 3.8) is 0 Å². The molecule has 1 N–H and O–H groups in total. The molecule has 6 heteroatoms. The molecule has 2 heterocycles. The molecule has 0 aliphatic carbocycles. The van der Waals surface area contributed by atoms with E-state index in [0.717, 1.165) is 28.3 Å². The second-order valence-electron chi connectivity index (χ2n) is 3.94. The van der Waals surface area contributed by atoms with E-state index in [4.69, 9.17) is 4.74 Å². The van der Waals surface area contributed by atoms with E-state index in [0.29, 0.717) is 0 Å². The number of nitrogens with zero attached hydrogens (tertiary/aromatic N) is 4. The molecule has 0 bridgehead atoms. The lowest BCUT2D eigenvalue weighted by atomic mass is 10.3. The van der Waals surface area contributed by atoms with Gasteiger partial charge in [0.1, 0.15) is 23.6 Å². The Morgan fingerprint density at radius 1 is 1.21 bits per heavy atom. The van der Waals surface area contributed by atoms with E-state index in [1.165, 1.54) is 6.33 Å². The summed E-state index contributed by atoms with van der Waals surface area (Å²) in [6.45, 7) is 0. The number of rotatable bonds is 3. The monoisotopic (exact) mass is 255 g/mol. The van der Waals surface area contributed by atoms with E-state index in [1.54, 1.807) is 18.0 Å². The number of methoxy groups -OCH3 is 1. The van der Waals surface area contributed by atoms with Crippen molar-refractivity contribution in [1.29, 1.82) is 0 Å². The molecule has 0 saturated carbocycles. The third-order valence-electron chi connectivity index (χ3n) is 2.92. The molecule has 0 spiro atoms. The maximum atomic E-state index is 5.35. The normalized spacial score (nSPS) is 10.6. The van der Waals surface area contributed by atoms with Gasteiger partial charge >= 0.3 is 0 Å². The number of ether oxygens (including phenoxy) is 1. The van der Waals surface area contributed by atoms with Gasteiger partial charge in [0.15, 0.2) is 5.65 Å². The number of aromatic nitrogens is 4. The van der Waals surface area contributed by atoms with E-state index in [-0.39, 0.29) is 0 Å². The first kappa shape index (κ1) is 11.5. The summed E-state index contributed by atoms with van der Waals surface area (Å²) in [7, 11) is 3.46. The standard InChI is InChI=1S/C13H13N5O/c1-14-12-9-7-17-18(13(9)16-8-15-12)10-5-3-4-6-11(10)19-2/h3-8H,1-2H3,(H,14,15,16). The zero-order valence-electron chi connectivity index (χ0n) is 10.7. The Morgan fingerprint density at radius 3 is 2.84 bits per heavy atom. The minimum absolute atomic E-state index is 0.740. The molecule has 3 aromatic rings. The van der Waals surface area contributed by atoms with Crippen LogP contribution >= 0.6 is 0 Å². The van der Waals surface area contributed by atoms with E-state index in [1.807, 2.05) is 31.3 Å². The Balaban J connectivity index is 2.26. The molecule has 0 aliphatic heterocycles. The summed E-state index contributed by atoms with van der Waals surface area (Å²) in [6.07, 6.45) is 3.26. The van der Waals surface area contributed by atoms with Crippen LogP contribution in [0.25, 0.3) is 16.7 Å². The average Bonchev–Trinajstić information content (AvgIpc) is 2.90. The van der Waals surface area contributed by atoms with Gasteiger partial charge in [0.2, 0.25) is 0 Å². The second kappa shape index (κ2) is 4.56. The number of anilines is 1. The Labute approximate surface area is 110 Å². The van der Waals surface area contributed by atoms with Gasteiger partial charge in [0.05, 0.1) is 18.7 Å². The van der Waals surface area contributed by atoms with Gasteiger partial charge in [-0.25, -0.2) is 14.6 Å². The fraction of sp³-hybridized carbons (Fsp3) is 0.154. The summed E-state index contributed by atoms with van der Waals surface area (Å²) in [6, 6.07) is 7.68. The van der Waals surface area contributed by atoms with Crippen molar-refractivity contribution in [2.75, 3.05) is 19.5 Å². The highest BCUT2D eigenvalue weighted by atomic mass is 16.5. The molecule has 96 valence electrons. The van der Waals surface area contributed by atoms with Crippen LogP contribution < -0.4 is 10.1 Å². The van der Waals surface area contributed by atoms with Crippen LogP contribution in [-0.2, 0) is 0 Å². The predicted octanol–water partition coefficient (Wildman–Crippen LogP) is 1.87. The Bertz CT molecular complexity index is 722. The Kier molecular flexibility index (Phi) is 2.75. The molecule has 0 fully saturated rings. The minimum Gasteiger partial charge on any atom is -0.494 e. The largest absolute Gasteiger partial charge is 0.494 e. The molecule has 0 aliphatic rings. The number of para-hydroxylation sites is 2. The van der Waals surface area contributed by atoms with E-state index in [2.05, 4.69) is 20.4 Å². The fourth-order valence-electron chi connectivity index (χ4n) is 2.02. The Hall–Kier alpha value is -2.63. The minimum atomic E-state index is 0.740. The molecule has 0 amide bonds. The second-order valence-corrected chi connectivity index (χ2v) is 3.94. The maximum absolute atomic E-state index is 5.35. The van der Waals surface area contributed by atoms with Crippen molar-refractivity contribution in [3.05, 3.63) is 36.8 Å². The van der Waals surface area contributed by atoms with E-state index < -0.39 is 0 Å². The first-order valence-corrected chi connectivity index (χ1v) is 5.85. The lowest BCUT2D eigenvalue weighted by molar-refractivity contribution is 0.412. The van der Waals surface area contributed by atoms with Crippen LogP contribution in [0.1, 0.15) is 0 Å². The van der Waals surface area contributed by atoms with Crippen LogP contribution in [0.15, 0.2) is 36.8 Å². The quantitative estimate of drug-likeness (QED) is 0.774. The van der Waals surface area contributed by atoms with Gasteiger partial charge in [-0.15, -0.1) is 0 Å². The highest BCUT2D eigenvalue weighted by Gasteiger charge is 2.12. The molecule has 1 aromatic carbocycles. The first-order chi connectivity index (χ1) is 9.35. The highest BCUT2D eigenvalue weighted by Crippen LogP contribution is 2.26. The molecule has 3 rings (SSSR count). The third-order valence-corrected chi connectivity index (χ3v) is 2.92. The van der Waals surface area contributed by atoms with Gasteiger partial charge in [-0.2, -0.15) is 5.10 Å². The molecular formula is C13H13N5O. The highest BCUT2D eigenvalue weighted by molar-refractivity contribution is 5.87. The summed E-state index contributed by atoms with van der Waals surface area (Å²) in [4.78, 5) is 8.46. The van der Waals surface area contributed by atoms with Crippen LogP contribution in [-0.4, -0.2) is 33.9 Å². The number of hydrogen-bond acceptors (Lipinski definition) is 5. The number of benzene rings is 1. The van der Waals surface area contributed by atoms with Gasteiger partial charge in [0, 0.05) is 7.05 Å². The zero-order chi connectivity index (χ0) is 13.2. The smallest absolute Gasteiger partial charge is 0.168 e. The van der Waals surface area contributed by atoms with Crippen LogP contribution in [0.4, 0.5) is 5.82 Å². The molecular weight excluding hydrogens is 242 g/mol. The molecule has 19 heavy (non-hydrogen) atoms. The van der Waals surface area contributed by atoms with Crippen molar-refractivity contribution < 1.29 is 4.74 Å². The lowest BCUT2D eigenvalue weighted by Crippen LogP contribution is -2.01. The zero-order valence-corrected chi connectivity index (χ0v) is 10.7. The lowest BCUT2D eigenvalue weighted by Gasteiger charge is -2.08. The summed E-state index contributed by atoms with van der Waals surface area (Å²) >= 11 is 0. The van der Waals surface area contributed by atoms with E-state index in [9.17, 15) is 0 Å². The number of nitrogens with one attached hydrogen (secondary N) is 1. The first-order valence-electron chi connectivity index (χ1n) is 5.85. The van der Waals surface area contributed by atoms with E-state index >= 15 is 0 Å². The van der Waals surface area contributed by atoms with Crippen LogP contribution in [0.2, 0.25) is 0 Å².